The predicted molar refractivity (Wildman–Crippen MR) is 234 cm³/mol. The molecule has 0 fully saturated rings. The fraction of sp³-hybridized carbons (Fsp3) is 0.775. The molecule has 0 aromatic rings. The van der Waals surface area contributed by atoms with Crippen molar-refractivity contribution in [1.29, 1.82) is 0 Å². The number of esters is 1. The van der Waals surface area contributed by atoms with Crippen molar-refractivity contribution in [1.82, 2.24) is 21.3 Å². The van der Waals surface area contributed by atoms with Gasteiger partial charge in [0.25, 0.3) is 0 Å². The molecule has 0 heterocycles. The summed E-state index contributed by atoms with van der Waals surface area (Å²) in [4.78, 5) is 105. The zero-order valence-electron chi connectivity index (χ0n) is 35.7. The van der Waals surface area contributed by atoms with Crippen LogP contribution in [0.15, 0.2) is 0 Å². The molecule has 356 valence electrons. The van der Waals surface area contributed by atoms with E-state index in [0.29, 0.717) is 18.8 Å². The minimum atomic E-state index is -1.24. The highest BCUT2D eigenvalue weighted by Crippen LogP contribution is 2.15. The summed E-state index contributed by atoms with van der Waals surface area (Å²) in [5.74, 6) is -5.49. The van der Waals surface area contributed by atoms with Crippen LogP contribution >= 0.6 is 23.5 Å². The Morgan fingerprint density at radius 1 is 0.484 bits per heavy atom. The Hall–Kier alpha value is -4.15. The molecule has 0 rings (SSSR count). The van der Waals surface area contributed by atoms with E-state index in [2.05, 4.69) is 21.3 Å². The van der Waals surface area contributed by atoms with Crippen molar-refractivity contribution in [3.05, 3.63) is 0 Å². The smallest absolute Gasteiger partial charge is 0.322 e. The van der Waals surface area contributed by atoms with Gasteiger partial charge in [0, 0.05) is 30.8 Å². The minimum absolute atomic E-state index is 0.0895. The third-order valence-corrected chi connectivity index (χ3v) is 11.6. The van der Waals surface area contributed by atoms with Crippen LogP contribution in [0.1, 0.15) is 128 Å². The number of nitrogens with two attached hydrogens (primary N) is 2. The number of unbranched alkanes of at least 4 members (excludes halogenated alkanes) is 13. The molecule has 20 nitrogen and oxygen atoms in total. The molecule has 4 amide bonds. The second kappa shape index (κ2) is 37.4. The summed E-state index contributed by atoms with van der Waals surface area (Å²) in [6.07, 6.45) is 14.6. The summed E-state index contributed by atoms with van der Waals surface area (Å²) in [7, 11) is 0. The molecule has 22 heteroatoms. The van der Waals surface area contributed by atoms with Crippen molar-refractivity contribution < 1.29 is 68.3 Å². The minimum Gasteiger partial charge on any atom is -0.480 e. The summed E-state index contributed by atoms with van der Waals surface area (Å²) in [5, 5.41) is 45.0. The van der Waals surface area contributed by atoms with Gasteiger partial charge < -0.3 is 57.9 Å². The van der Waals surface area contributed by atoms with Gasteiger partial charge in [0.1, 0.15) is 37.3 Å². The molecule has 0 aliphatic carbocycles. The largest absolute Gasteiger partial charge is 0.480 e. The monoisotopic (exact) mass is 922 g/mol. The lowest BCUT2D eigenvalue weighted by atomic mass is 10.1. The molecule has 12 N–H and O–H groups in total. The molecule has 0 bridgehead atoms. The zero-order chi connectivity index (χ0) is 46.5. The topological polar surface area (TPSA) is 344 Å². The van der Waals surface area contributed by atoms with Crippen LogP contribution in [0, 0.1) is 0 Å². The number of nitrogens with one attached hydrogen (secondary N) is 4. The Bertz CT molecular complexity index is 1380. The van der Waals surface area contributed by atoms with Gasteiger partial charge in [-0.1, -0.05) is 70.6 Å². The van der Waals surface area contributed by atoms with E-state index in [1.54, 1.807) is 0 Å². The lowest BCUT2D eigenvalue weighted by Crippen LogP contribution is -2.49. The third-order valence-electron chi connectivity index (χ3n) is 9.31. The lowest BCUT2D eigenvalue weighted by Gasteiger charge is -2.18. The summed E-state index contributed by atoms with van der Waals surface area (Å²) in [5.41, 5.74) is 10.9. The Morgan fingerprint density at radius 2 is 0.839 bits per heavy atom. The zero-order valence-corrected chi connectivity index (χ0v) is 37.4. The van der Waals surface area contributed by atoms with Gasteiger partial charge in [0.2, 0.25) is 23.6 Å². The van der Waals surface area contributed by atoms with Gasteiger partial charge in [-0.15, -0.1) is 0 Å². The van der Waals surface area contributed by atoms with Crippen molar-refractivity contribution in [3.8, 4) is 0 Å². The second-order valence-electron chi connectivity index (χ2n) is 14.9. The van der Waals surface area contributed by atoms with E-state index >= 15 is 0 Å². The number of ether oxygens (including phenoxy) is 1. The number of hydrogen-bond donors (Lipinski definition) is 10. The van der Waals surface area contributed by atoms with Crippen LogP contribution in [-0.2, 0) is 47.9 Å². The van der Waals surface area contributed by atoms with Crippen molar-refractivity contribution in [2.75, 3.05) is 42.7 Å². The molecule has 0 spiro atoms. The fourth-order valence-electron chi connectivity index (χ4n) is 5.68. The Kier molecular flexibility index (Phi) is 34.9. The Balaban J connectivity index is 3.94. The molecule has 4 atom stereocenters. The van der Waals surface area contributed by atoms with E-state index in [4.69, 9.17) is 36.6 Å². The third kappa shape index (κ3) is 34.4. The first kappa shape index (κ1) is 57.9. The van der Waals surface area contributed by atoms with Gasteiger partial charge in [-0.25, -0.2) is 0 Å². The predicted octanol–water partition coefficient (Wildman–Crippen LogP) is 1.99. The van der Waals surface area contributed by atoms with Gasteiger partial charge in [-0.2, -0.15) is 23.5 Å². The SMILES string of the molecule is NC(CCC(=O)NC(CSCCCCCCCCCCCCOC(=O)CCCCCCCSCC(NC(=O)CCC(N)C(=O)O)C(=O)NCC(=O)O)C(=O)NCC(=O)O)C(=O)O. The van der Waals surface area contributed by atoms with Gasteiger partial charge in [0.05, 0.1) is 6.61 Å². The molecule has 0 aromatic carbocycles. The lowest BCUT2D eigenvalue weighted by molar-refractivity contribution is -0.144. The molecule has 0 saturated heterocycles. The van der Waals surface area contributed by atoms with E-state index in [-0.39, 0.29) is 43.2 Å². The van der Waals surface area contributed by atoms with Crippen molar-refractivity contribution in [3.63, 3.8) is 0 Å². The first-order chi connectivity index (χ1) is 29.5. The van der Waals surface area contributed by atoms with Crippen LogP contribution in [0.4, 0.5) is 0 Å². The standard InChI is InChI=1S/C40H70N6O14S2/c41-28(39(56)57)17-19-32(47)45-30(37(54)43-24-34(49)50)26-61-22-14-10-6-4-2-1-3-5-9-13-21-60-36(53)16-12-8-7-11-15-23-62-27-31(38(55)44-25-35(51)52)46-33(48)20-18-29(42)40(58)59/h28-31H,1-27,41-42H2,(H,43,54)(H,44,55)(H,45,47)(H,46,48)(H,49,50)(H,51,52)(H,56,57)(H,58,59). The van der Waals surface area contributed by atoms with E-state index in [1.165, 1.54) is 23.5 Å². The van der Waals surface area contributed by atoms with Crippen LogP contribution in [-0.4, -0.2) is 141 Å². The van der Waals surface area contributed by atoms with Gasteiger partial charge in [0.15, 0.2) is 0 Å². The van der Waals surface area contributed by atoms with Gasteiger partial charge in [-0.05, 0) is 50.0 Å². The number of hydrogen-bond acceptors (Lipinski definition) is 14. The van der Waals surface area contributed by atoms with Crippen LogP contribution in [0.5, 0.6) is 0 Å². The number of carbonyl (C=O) groups is 9. The quantitative estimate of drug-likeness (QED) is 0.0310. The summed E-state index contributed by atoms with van der Waals surface area (Å²) >= 11 is 2.92. The number of rotatable bonds is 41. The average molecular weight is 923 g/mol. The van der Waals surface area contributed by atoms with Crippen LogP contribution in [0.25, 0.3) is 0 Å². The maximum atomic E-state index is 12.4. The highest BCUT2D eigenvalue weighted by atomic mass is 32.2. The first-order valence-corrected chi connectivity index (χ1v) is 23.7. The maximum Gasteiger partial charge on any atom is 0.322 e. The van der Waals surface area contributed by atoms with Crippen LogP contribution in [0.3, 0.4) is 0 Å². The number of carboxylic acids is 4. The highest BCUT2D eigenvalue weighted by molar-refractivity contribution is 7.99. The normalized spacial score (nSPS) is 12.9. The summed E-state index contributed by atoms with van der Waals surface area (Å²) in [6, 6.07) is -4.32. The molecule has 0 aromatic heterocycles. The van der Waals surface area contributed by atoms with Gasteiger partial charge in [-0.3, -0.25) is 43.2 Å². The second-order valence-corrected chi connectivity index (χ2v) is 17.2. The number of carboxylic acid groups (broad SMARTS) is 4. The molecular weight excluding hydrogens is 853 g/mol. The number of carbonyl (C=O) groups excluding carboxylic acids is 5. The Morgan fingerprint density at radius 3 is 1.21 bits per heavy atom. The fourth-order valence-corrected chi connectivity index (χ4v) is 7.77. The number of aliphatic carboxylic acids is 4. The van der Waals surface area contributed by atoms with Crippen LogP contribution in [0.2, 0.25) is 0 Å². The van der Waals surface area contributed by atoms with E-state index in [9.17, 15) is 43.2 Å². The molecular formula is C40H70N6O14S2. The molecule has 0 saturated carbocycles. The summed E-state index contributed by atoms with van der Waals surface area (Å²) < 4.78 is 5.37. The van der Waals surface area contributed by atoms with E-state index in [1.807, 2.05) is 0 Å². The van der Waals surface area contributed by atoms with Crippen molar-refractivity contribution >= 4 is 77.0 Å². The maximum absolute atomic E-state index is 12.4. The van der Waals surface area contributed by atoms with Gasteiger partial charge >= 0.3 is 29.8 Å². The van der Waals surface area contributed by atoms with E-state index < -0.39 is 84.8 Å². The van der Waals surface area contributed by atoms with Crippen LogP contribution < -0.4 is 32.7 Å². The first-order valence-electron chi connectivity index (χ1n) is 21.4. The number of amides is 4. The highest BCUT2D eigenvalue weighted by Gasteiger charge is 2.24. The number of thioether (sulfide) groups is 2. The molecule has 62 heavy (non-hydrogen) atoms. The molecule has 4 unspecified atom stereocenters. The summed E-state index contributed by atoms with van der Waals surface area (Å²) in [6.45, 7) is -0.752. The molecule has 0 aliphatic heterocycles. The van der Waals surface area contributed by atoms with E-state index in [0.717, 1.165) is 102 Å². The average Bonchev–Trinajstić information content (AvgIpc) is 3.22. The Labute approximate surface area is 372 Å². The molecule has 0 radical (unpaired) electrons. The molecule has 0 aliphatic rings. The van der Waals surface area contributed by atoms with Crippen molar-refractivity contribution in [2.24, 2.45) is 11.5 Å². The van der Waals surface area contributed by atoms with Crippen molar-refractivity contribution in [2.45, 2.75) is 153 Å².